The quantitative estimate of drug-likeness (QED) is 0.509. The smallest absolute Gasteiger partial charge is 0.0783 e. The van der Waals surface area contributed by atoms with Crippen LogP contribution < -0.4 is 0 Å². The molecule has 0 N–H and O–H groups in total. The van der Waals surface area contributed by atoms with E-state index in [1.54, 1.807) is 11.1 Å². The summed E-state index contributed by atoms with van der Waals surface area (Å²) in [6.45, 7) is 0. The van der Waals surface area contributed by atoms with Gasteiger partial charge in [0.05, 0.1) is 5.52 Å². The Kier molecular flexibility index (Phi) is 2.07. The molecule has 1 saturated carbocycles. The Hall–Kier alpha value is -1.89. The first-order valence-electron chi connectivity index (χ1n) is 7.72. The summed E-state index contributed by atoms with van der Waals surface area (Å²) in [5, 5.41) is 4.01. The van der Waals surface area contributed by atoms with E-state index >= 15 is 0 Å². The van der Waals surface area contributed by atoms with Crippen LogP contribution in [0.2, 0.25) is 0 Å². The van der Waals surface area contributed by atoms with Crippen molar-refractivity contribution in [2.24, 2.45) is 0 Å². The molecule has 1 nitrogen and oxygen atoms in total. The van der Waals surface area contributed by atoms with Gasteiger partial charge in [0.25, 0.3) is 0 Å². The van der Waals surface area contributed by atoms with Crippen LogP contribution in [0, 0.1) is 0 Å². The van der Waals surface area contributed by atoms with Gasteiger partial charge in [-0.3, -0.25) is 4.98 Å². The van der Waals surface area contributed by atoms with Crippen LogP contribution >= 0.6 is 0 Å². The third-order valence-corrected chi connectivity index (χ3v) is 5.36. The first-order chi connectivity index (χ1) is 9.92. The van der Waals surface area contributed by atoms with E-state index in [0.717, 1.165) is 11.8 Å². The first kappa shape index (κ1) is 10.8. The second-order valence-electron chi connectivity index (χ2n) is 6.37. The van der Waals surface area contributed by atoms with E-state index in [0.29, 0.717) is 0 Å². The molecule has 1 fully saturated rings. The van der Waals surface area contributed by atoms with E-state index < -0.39 is 0 Å². The van der Waals surface area contributed by atoms with Gasteiger partial charge >= 0.3 is 0 Å². The van der Waals surface area contributed by atoms with Gasteiger partial charge < -0.3 is 0 Å². The third-order valence-electron chi connectivity index (χ3n) is 5.36. The molecule has 2 bridgehead atoms. The van der Waals surface area contributed by atoms with Crippen molar-refractivity contribution in [2.75, 3.05) is 0 Å². The summed E-state index contributed by atoms with van der Waals surface area (Å²) in [7, 11) is 0. The molecule has 2 aliphatic carbocycles. The van der Waals surface area contributed by atoms with Gasteiger partial charge in [-0.2, -0.15) is 0 Å². The summed E-state index contributed by atoms with van der Waals surface area (Å²) < 4.78 is 0. The highest BCUT2D eigenvalue weighted by atomic mass is 14.7. The molecule has 2 unspecified atom stereocenters. The standard InChI is InChI=1S/C19H17N/c1-2-7-15-12(4-1)8-9-16-18-14-6-3-5-13(10-14)17(18)11-20-19(15)16/h1-2,4,7-9,11,13-14H,3,5-6,10H2. The summed E-state index contributed by atoms with van der Waals surface area (Å²) in [6, 6.07) is 13.2. The average Bonchev–Trinajstić information content (AvgIpc) is 2.78. The Labute approximate surface area is 118 Å². The molecule has 1 aromatic heterocycles. The fraction of sp³-hybridized carbons (Fsp3) is 0.316. The van der Waals surface area contributed by atoms with Crippen molar-refractivity contribution in [1.82, 2.24) is 4.98 Å². The van der Waals surface area contributed by atoms with Crippen molar-refractivity contribution in [3.05, 3.63) is 53.7 Å². The number of aromatic nitrogens is 1. The summed E-state index contributed by atoms with van der Waals surface area (Å²) in [4.78, 5) is 4.84. The van der Waals surface area contributed by atoms with Crippen LogP contribution in [0.4, 0.5) is 0 Å². The molecule has 5 rings (SSSR count). The average molecular weight is 259 g/mol. The SMILES string of the molecule is c1ccc2c(c1)ccc1c3c(cnc12)C1CCCC3C1. The lowest BCUT2D eigenvalue weighted by Gasteiger charge is -2.18. The van der Waals surface area contributed by atoms with Crippen molar-refractivity contribution in [2.45, 2.75) is 37.5 Å². The van der Waals surface area contributed by atoms with Crippen molar-refractivity contribution in [1.29, 1.82) is 0 Å². The maximum Gasteiger partial charge on any atom is 0.0783 e. The van der Waals surface area contributed by atoms with E-state index in [1.165, 1.54) is 47.4 Å². The molecule has 2 aliphatic rings. The van der Waals surface area contributed by atoms with Gasteiger partial charge in [-0.25, -0.2) is 0 Å². The first-order valence-corrected chi connectivity index (χ1v) is 7.72. The van der Waals surface area contributed by atoms with Gasteiger partial charge in [0.1, 0.15) is 0 Å². The van der Waals surface area contributed by atoms with Crippen LogP contribution in [-0.4, -0.2) is 4.98 Å². The maximum absolute atomic E-state index is 4.84. The summed E-state index contributed by atoms with van der Waals surface area (Å²) in [6.07, 6.45) is 7.67. The summed E-state index contributed by atoms with van der Waals surface area (Å²) >= 11 is 0. The highest BCUT2D eigenvalue weighted by Crippen LogP contribution is 2.52. The molecule has 0 aliphatic heterocycles. The second-order valence-corrected chi connectivity index (χ2v) is 6.37. The molecule has 98 valence electrons. The maximum atomic E-state index is 4.84. The van der Waals surface area contributed by atoms with Crippen LogP contribution in [0.25, 0.3) is 21.7 Å². The molecule has 1 heteroatoms. The van der Waals surface area contributed by atoms with E-state index in [9.17, 15) is 0 Å². The molecule has 3 aromatic rings. The Balaban J connectivity index is 1.92. The fourth-order valence-corrected chi connectivity index (χ4v) is 4.49. The van der Waals surface area contributed by atoms with Crippen LogP contribution in [0.3, 0.4) is 0 Å². The second kappa shape index (κ2) is 3.82. The fourth-order valence-electron chi connectivity index (χ4n) is 4.49. The Morgan fingerprint density at radius 1 is 0.900 bits per heavy atom. The summed E-state index contributed by atoms with van der Waals surface area (Å²) in [5.74, 6) is 1.57. The number of benzene rings is 2. The van der Waals surface area contributed by atoms with E-state index in [1.807, 2.05) is 0 Å². The largest absolute Gasteiger partial charge is 0.255 e. The molecule has 1 heterocycles. The minimum absolute atomic E-state index is 0.784. The summed E-state index contributed by atoms with van der Waals surface area (Å²) in [5.41, 5.74) is 4.38. The lowest BCUT2D eigenvalue weighted by atomic mass is 9.86. The predicted octanol–water partition coefficient (Wildman–Crippen LogP) is 5.14. The number of fused-ring (bicyclic) bond motifs is 9. The molecular weight excluding hydrogens is 242 g/mol. The molecule has 2 aromatic carbocycles. The van der Waals surface area contributed by atoms with E-state index in [4.69, 9.17) is 4.98 Å². The van der Waals surface area contributed by atoms with Gasteiger partial charge in [-0.15, -0.1) is 0 Å². The van der Waals surface area contributed by atoms with Gasteiger partial charge in [0.15, 0.2) is 0 Å². The van der Waals surface area contributed by atoms with Crippen LogP contribution in [0.15, 0.2) is 42.6 Å². The predicted molar refractivity (Wildman–Crippen MR) is 83.2 cm³/mol. The molecule has 0 spiro atoms. The molecular formula is C19H17N. The molecule has 20 heavy (non-hydrogen) atoms. The monoisotopic (exact) mass is 259 g/mol. The lowest BCUT2D eigenvalue weighted by molar-refractivity contribution is 0.436. The third kappa shape index (κ3) is 1.30. The molecule has 0 radical (unpaired) electrons. The van der Waals surface area contributed by atoms with Gasteiger partial charge in [-0.05, 0) is 47.6 Å². The number of pyridine rings is 1. The van der Waals surface area contributed by atoms with E-state index in [-0.39, 0.29) is 0 Å². The zero-order valence-electron chi connectivity index (χ0n) is 11.5. The number of hydrogen-bond donors (Lipinski definition) is 0. The van der Waals surface area contributed by atoms with Crippen LogP contribution in [0.1, 0.15) is 48.6 Å². The zero-order chi connectivity index (χ0) is 13.1. The van der Waals surface area contributed by atoms with Crippen molar-refractivity contribution < 1.29 is 0 Å². The number of rotatable bonds is 0. The Morgan fingerprint density at radius 3 is 2.80 bits per heavy atom. The van der Waals surface area contributed by atoms with Crippen LogP contribution in [-0.2, 0) is 0 Å². The van der Waals surface area contributed by atoms with Gasteiger partial charge in [0.2, 0.25) is 0 Å². The van der Waals surface area contributed by atoms with Crippen LogP contribution in [0.5, 0.6) is 0 Å². The zero-order valence-corrected chi connectivity index (χ0v) is 11.5. The highest BCUT2D eigenvalue weighted by Gasteiger charge is 2.35. The minimum atomic E-state index is 0.784. The Morgan fingerprint density at radius 2 is 1.80 bits per heavy atom. The normalized spacial score (nSPS) is 24.2. The lowest BCUT2D eigenvalue weighted by Crippen LogP contribution is -2.01. The van der Waals surface area contributed by atoms with Crippen molar-refractivity contribution in [3.8, 4) is 0 Å². The molecule has 0 amide bonds. The van der Waals surface area contributed by atoms with Gasteiger partial charge in [-0.1, -0.05) is 42.8 Å². The molecule has 2 atom stereocenters. The molecule has 0 saturated heterocycles. The highest BCUT2D eigenvalue weighted by molar-refractivity contribution is 6.06. The van der Waals surface area contributed by atoms with Crippen molar-refractivity contribution in [3.63, 3.8) is 0 Å². The topological polar surface area (TPSA) is 12.9 Å². The van der Waals surface area contributed by atoms with Gasteiger partial charge in [0, 0.05) is 17.0 Å². The number of nitrogens with zero attached hydrogens (tertiary/aromatic N) is 1. The van der Waals surface area contributed by atoms with Crippen molar-refractivity contribution >= 4 is 21.7 Å². The minimum Gasteiger partial charge on any atom is -0.255 e. The van der Waals surface area contributed by atoms with E-state index in [2.05, 4.69) is 42.6 Å². The number of hydrogen-bond acceptors (Lipinski definition) is 1. The Bertz CT molecular complexity index is 834.